The zero-order valence-corrected chi connectivity index (χ0v) is 20.9. The van der Waals surface area contributed by atoms with Gasteiger partial charge in [0, 0.05) is 38.4 Å². The van der Waals surface area contributed by atoms with E-state index in [-0.39, 0.29) is 18.3 Å². The largest absolute Gasteiger partial charge is 0.378 e. The third-order valence-electron chi connectivity index (χ3n) is 5.46. The monoisotopic (exact) mass is 460 g/mol. The molecule has 2 aromatic carbocycles. The Hall–Kier alpha value is -2.15. The fourth-order valence-corrected chi connectivity index (χ4v) is 4.76. The molecule has 0 unspecified atom stereocenters. The van der Waals surface area contributed by atoms with E-state index in [1.807, 2.05) is 48.2 Å². The number of nitrogens with zero attached hydrogens (tertiary/aromatic N) is 4. The molecule has 5 nitrogen and oxygen atoms in total. The first kappa shape index (κ1) is 25.1. The lowest BCUT2D eigenvalue weighted by Gasteiger charge is -2.25. The summed E-state index contributed by atoms with van der Waals surface area (Å²) in [6.07, 6.45) is 0. The molecule has 1 heterocycles. The number of hydrogen-bond acceptors (Lipinski definition) is 5. The second-order valence-corrected chi connectivity index (χ2v) is 8.86. The van der Waals surface area contributed by atoms with Gasteiger partial charge in [-0.3, -0.25) is 9.69 Å². The Labute approximate surface area is 196 Å². The van der Waals surface area contributed by atoms with E-state index in [4.69, 9.17) is 4.98 Å². The number of thiazole rings is 1. The highest BCUT2D eigenvalue weighted by atomic mass is 35.5. The molecule has 0 N–H and O–H groups in total. The topological polar surface area (TPSA) is 39.7 Å². The van der Waals surface area contributed by atoms with Crippen molar-refractivity contribution in [3.63, 3.8) is 0 Å². The molecular formula is C24H33ClN4OS. The van der Waals surface area contributed by atoms with Gasteiger partial charge in [0.2, 0.25) is 0 Å². The summed E-state index contributed by atoms with van der Waals surface area (Å²) in [5.74, 6) is 0.000827. The Morgan fingerprint density at radius 3 is 2.23 bits per heavy atom. The van der Waals surface area contributed by atoms with Crippen molar-refractivity contribution < 1.29 is 4.79 Å². The standard InChI is InChI=1S/C24H32N4OS.ClH/c1-7-27(8-2)13-14-28(23(29)19-9-11-20(12-10-19)26(5)6)24-25-22-18(4)15-17(3)16-21(22)30-24;/h9-12,15-16H,7-8,13-14H2,1-6H3;1H. The number of fused-ring (bicyclic) bond motifs is 1. The molecule has 0 radical (unpaired) electrons. The third-order valence-corrected chi connectivity index (χ3v) is 6.48. The van der Waals surface area contributed by atoms with Crippen LogP contribution >= 0.6 is 23.7 Å². The summed E-state index contributed by atoms with van der Waals surface area (Å²) in [6, 6.07) is 12.1. The maximum absolute atomic E-state index is 13.5. The number of aromatic nitrogens is 1. The van der Waals surface area contributed by atoms with E-state index in [9.17, 15) is 4.79 Å². The maximum atomic E-state index is 13.5. The Bertz CT molecular complexity index is 1010. The fraction of sp³-hybridized carbons (Fsp3) is 0.417. The van der Waals surface area contributed by atoms with Gasteiger partial charge in [-0.25, -0.2) is 4.98 Å². The molecule has 0 bridgehead atoms. The first-order valence-corrected chi connectivity index (χ1v) is 11.3. The van der Waals surface area contributed by atoms with E-state index in [1.165, 1.54) is 5.56 Å². The van der Waals surface area contributed by atoms with Crippen LogP contribution in [0.25, 0.3) is 10.2 Å². The molecule has 3 rings (SSSR count). The second kappa shape index (κ2) is 10.9. The number of likely N-dealkylation sites (N-methyl/N-ethyl adjacent to an activating group) is 1. The molecule has 0 spiro atoms. The van der Waals surface area contributed by atoms with Crippen LogP contribution in [0, 0.1) is 13.8 Å². The van der Waals surface area contributed by atoms with E-state index in [2.05, 4.69) is 44.7 Å². The molecule has 0 saturated carbocycles. The molecule has 0 aliphatic carbocycles. The van der Waals surface area contributed by atoms with E-state index >= 15 is 0 Å². The van der Waals surface area contributed by atoms with Crippen LogP contribution in [-0.2, 0) is 0 Å². The lowest BCUT2D eigenvalue weighted by molar-refractivity contribution is 0.0984. The zero-order chi connectivity index (χ0) is 21.8. The van der Waals surface area contributed by atoms with Crippen LogP contribution in [0.5, 0.6) is 0 Å². The van der Waals surface area contributed by atoms with Crippen LogP contribution < -0.4 is 9.80 Å². The Kier molecular flexibility index (Phi) is 8.86. The van der Waals surface area contributed by atoms with Gasteiger partial charge in [-0.15, -0.1) is 12.4 Å². The third kappa shape index (κ3) is 5.76. The Morgan fingerprint density at radius 1 is 1.00 bits per heavy atom. The molecule has 3 aromatic rings. The highest BCUT2D eigenvalue weighted by molar-refractivity contribution is 7.22. The molecule has 7 heteroatoms. The first-order chi connectivity index (χ1) is 14.3. The fourth-order valence-electron chi connectivity index (χ4n) is 3.60. The molecule has 168 valence electrons. The molecule has 31 heavy (non-hydrogen) atoms. The van der Waals surface area contributed by atoms with Gasteiger partial charge in [-0.05, 0) is 68.4 Å². The summed E-state index contributed by atoms with van der Waals surface area (Å²) >= 11 is 1.60. The minimum atomic E-state index is 0. The van der Waals surface area contributed by atoms with Gasteiger partial charge >= 0.3 is 0 Å². The summed E-state index contributed by atoms with van der Waals surface area (Å²) in [6.45, 7) is 11.9. The van der Waals surface area contributed by atoms with Gasteiger partial charge < -0.3 is 9.80 Å². The van der Waals surface area contributed by atoms with E-state index in [0.717, 1.165) is 46.2 Å². The van der Waals surface area contributed by atoms with Gasteiger partial charge in [-0.1, -0.05) is 31.3 Å². The molecule has 0 aliphatic rings. The average molecular weight is 461 g/mol. The number of rotatable bonds is 8. The smallest absolute Gasteiger partial charge is 0.260 e. The van der Waals surface area contributed by atoms with Crippen LogP contribution in [0.4, 0.5) is 10.8 Å². The number of anilines is 2. The minimum Gasteiger partial charge on any atom is -0.378 e. The normalized spacial score (nSPS) is 10.9. The lowest BCUT2D eigenvalue weighted by Crippen LogP contribution is -2.38. The van der Waals surface area contributed by atoms with Crippen molar-refractivity contribution in [2.24, 2.45) is 0 Å². The Morgan fingerprint density at radius 2 is 1.65 bits per heavy atom. The van der Waals surface area contributed by atoms with Gasteiger partial charge in [0.05, 0.1) is 10.2 Å². The van der Waals surface area contributed by atoms with E-state index < -0.39 is 0 Å². The quantitative estimate of drug-likeness (QED) is 0.451. The molecule has 0 fully saturated rings. The lowest BCUT2D eigenvalue weighted by atomic mass is 10.1. The summed E-state index contributed by atoms with van der Waals surface area (Å²) in [5.41, 5.74) is 5.12. The summed E-state index contributed by atoms with van der Waals surface area (Å²) in [5, 5.41) is 0.771. The SMILES string of the molecule is CCN(CC)CCN(C(=O)c1ccc(N(C)C)cc1)c1nc2c(C)cc(C)cc2s1.Cl. The van der Waals surface area contributed by atoms with E-state index in [1.54, 1.807) is 11.3 Å². The molecule has 0 aliphatic heterocycles. The van der Waals surface area contributed by atoms with Crippen molar-refractivity contribution in [1.82, 2.24) is 9.88 Å². The minimum absolute atomic E-state index is 0. The van der Waals surface area contributed by atoms with Crippen molar-refractivity contribution in [2.45, 2.75) is 27.7 Å². The van der Waals surface area contributed by atoms with Crippen LogP contribution in [0.3, 0.4) is 0 Å². The van der Waals surface area contributed by atoms with Crippen LogP contribution in [0.1, 0.15) is 35.3 Å². The number of hydrogen-bond donors (Lipinski definition) is 0. The van der Waals surface area contributed by atoms with Crippen molar-refractivity contribution in [3.05, 3.63) is 53.1 Å². The summed E-state index contributed by atoms with van der Waals surface area (Å²) in [7, 11) is 4.00. The van der Waals surface area contributed by atoms with Crippen molar-refractivity contribution >= 4 is 50.7 Å². The van der Waals surface area contributed by atoms with Gasteiger partial charge in [0.1, 0.15) is 0 Å². The van der Waals surface area contributed by atoms with Crippen LogP contribution in [0.2, 0.25) is 0 Å². The number of carbonyl (C=O) groups excluding carboxylic acids is 1. The number of aryl methyl sites for hydroxylation is 2. The molecular weight excluding hydrogens is 428 g/mol. The van der Waals surface area contributed by atoms with Crippen LogP contribution in [-0.4, -0.2) is 56.1 Å². The maximum Gasteiger partial charge on any atom is 0.260 e. The van der Waals surface area contributed by atoms with Crippen molar-refractivity contribution in [3.8, 4) is 0 Å². The predicted octanol–water partition coefficient (Wildman–Crippen LogP) is 5.39. The van der Waals surface area contributed by atoms with E-state index in [0.29, 0.717) is 12.1 Å². The predicted molar refractivity (Wildman–Crippen MR) is 137 cm³/mol. The average Bonchev–Trinajstić information content (AvgIpc) is 3.15. The number of benzene rings is 2. The van der Waals surface area contributed by atoms with Crippen molar-refractivity contribution in [1.29, 1.82) is 0 Å². The number of amides is 1. The highest BCUT2D eigenvalue weighted by Crippen LogP contribution is 2.32. The first-order valence-electron chi connectivity index (χ1n) is 10.5. The zero-order valence-electron chi connectivity index (χ0n) is 19.3. The van der Waals surface area contributed by atoms with Crippen molar-refractivity contribution in [2.75, 3.05) is 50.1 Å². The number of halogens is 1. The summed E-state index contributed by atoms with van der Waals surface area (Å²) in [4.78, 5) is 24.6. The molecule has 1 amide bonds. The van der Waals surface area contributed by atoms with Crippen LogP contribution in [0.15, 0.2) is 36.4 Å². The number of carbonyl (C=O) groups is 1. The molecule has 1 aromatic heterocycles. The Balaban J connectivity index is 0.00000341. The molecule has 0 atom stereocenters. The van der Waals surface area contributed by atoms with Gasteiger partial charge in [0.25, 0.3) is 5.91 Å². The summed E-state index contributed by atoms with van der Waals surface area (Å²) < 4.78 is 1.13. The van der Waals surface area contributed by atoms with Gasteiger partial charge in [-0.2, -0.15) is 0 Å². The molecule has 0 saturated heterocycles. The second-order valence-electron chi connectivity index (χ2n) is 7.85. The highest BCUT2D eigenvalue weighted by Gasteiger charge is 2.22. The van der Waals surface area contributed by atoms with Gasteiger partial charge in [0.15, 0.2) is 5.13 Å².